The molecule has 8 nitrogen and oxygen atoms in total. The van der Waals surface area contributed by atoms with Gasteiger partial charge in [-0.05, 0) is 19.1 Å². The second-order valence-corrected chi connectivity index (χ2v) is 5.93. The number of ether oxygens (including phenoxy) is 2. The molecule has 0 spiro atoms. The Morgan fingerprint density at radius 3 is 2.74 bits per heavy atom. The van der Waals surface area contributed by atoms with Crippen LogP contribution in [-0.2, 0) is 9.26 Å². The van der Waals surface area contributed by atoms with E-state index >= 15 is 0 Å². The fourth-order valence-corrected chi connectivity index (χ4v) is 2.45. The van der Waals surface area contributed by atoms with Crippen molar-refractivity contribution < 1.29 is 28.6 Å². The first-order valence-corrected chi connectivity index (χ1v) is 8.67. The van der Waals surface area contributed by atoms with Crippen LogP contribution in [0.4, 0.5) is 10.5 Å². The summed E-state index contributed by atoms with van der Waals surface area (Å²) in [5.41, 5.74) is -0.686. The maximum atomic E-state index is 11.1. The molecular weight excluding hydrogens is 349 g/mol. The Labute approximate surface area is 139 Å². The zero-order chi connectivity index (χ0) is 17.4. The zero-order valence-electron chi connectivity index (χ0n) is 12.6. The molecule has 0 radical (unpaired) electrons. The number of hydrogen-bond acceptors (Lipinski definition) is 7. The van der Waals surface area contributed by atoms with Gasteiger partial charge in [0.1, 0.15) is 5.75 Å². The van der Waals surface area contributed by atoms with Gasteiger partial charge in [0.25, 0.3) is 5.69 Å². The fourth-order valence-electron chi connectivity index (χ4n) is 1.80. The molecule has 0 aliphatic rings. The quantitative estimate of drug-likeness (QED) is 0.233. The van der Waals surface area contributed by atoms with Crippen molar-refractivity contribution in [1.29, 1.82) is 0 Å². The van der Waals surface area contributed by atoms with Crippen molar-refractivity contribution in [3.8, 4) is 5.75 Å². The molecule has 128 valence electrons. The molecule has 1 rings (SSSR count). The van der Waals surface area contributed by atoms with E-state index in [4.69, 9.17) is 20.9 Å². The lowest BCUT2D eigenvalue weighted by Gasteiger charge is -2.16. The number of benzene rings is 1. The molecule has 0 bridgehead atoms. The third-order valence-corrected chi connectivity index (χ3v) is 3.45. The van der Waals surface area contributed by atoms with E-state index < -0.39 is 24.8 Å². The predicted molar refractivity (Wildman–Crippen MR) is 85.0 cm³/mol. The minimum atomic E-state index is -1.65. The third kappa shape index (κ3) is 7.09. The molecule has 23 heavy (non-hydrogen) atoms. The van der Waals surface area contributed by atoms with Crippen molar-refractivity contribution in [3.63, 3.8) is 0 Å². The van der Waals surface area contributed by atoms with E-state index in [-0.39, 0.29) is 18.9 Å². The normalized spacial score (nSPS) is 13.2. The molecule has 1 aromatic rings. The molecule has 0 aromatic heterocycles. The maximum absolute atomic E-state index is 11.1. The minimum absolute atomic E-state index is 0.113. The van der Waals surface area contributed by atoms with Gasteiger partial charge in [-0.2, -0.15) is 0 Å². The average molecular weight is 366 g/mol. The monoisotopic (exact) mass is 365 g/mol. The van der Waals surface area contributed by atoms with Crippen LogP contribution >= 0.6 is 20.0 Å². The van der Waals surface area contributed by atoms with Crippen molar-refractivity contribution in [3.05, 3.63) is 33.9 Å². The Balaban J connectivity index is 2.75. The van der Waals surface area contributed by atoms with Crippen LogP contribution in [0.1, 0.15) is 25.0 Å². The van der Waals surface area contributed by atoms with E-state index in [1.165, 1.54) is 24.9 Å². The van der Waals surface area contributed by atoms with Crippen molar-refractivity contribution in [2.75, 3.05) is 19.9 Å². The van der Waals surface area contributed by atoms with Gasteiger partial charge in [0, 0.05) is 30.8 Å². The van der Waals surface area contributed by atoms with Crippen LogP contribution in [0.25, 0.3) is 0 Å². The highest BCUT2D eigenvalue weighted by Gasteiger charge is 2.22. The zero-order valence-corrected chi connectivity index (χ0v) is 14.3. The average Bonchev–Trinajstić information content (AvgIpc) is 2.45. The molecule has 1 N–H and O–H groups in total. The van der Waals surface area contributed by atoms with E-state index in [2.05, 4.69) is 4.74 Å². The topological polar surface area (TPSA) is 108 Å². The highest BCUT2D eigenvalue weighted by atomic mass is 35.5. The number of rotatable bonds is 9. The first-order chi connectivity index (χ1) is 10.8. The van der Waals surface area contributed by atoms with E-state index in [0.717, 1.165) is 0 Å². The lowest BCUT2D eigenvalue weighted by atomic mass is 10.1. The van der Waals surface area contributed by atoms with E-state index in [1.807, 2.05) is 0 Å². The minimum Gasteiger partial charge on any atom is -0.493 e. The molecule has 0 saturated heterocycles. The molecule has 0 amide bonds. The van der Waals surface area contributed by atoms with Gasteiger partial charge in [0.2, 0.25) is 0 Å². The highest BCUT2D eigenvalue weighted by Crippen LogP contribution is 2.38. The largest absolute Gasteiger partial charge is 0.493 e. The molecule has 0 fully saturated rings. The van der Waals surface area contributed by atoms with Crippen LogP contribution < -0.4 is 4.74 Å². The molecule has 0 heterocycles. The van der Waals surface area contributed by atoms with Crippen LogP contribution in [0.2, 0.25) is 0 Å². The van der Waals surface area contributed by atoms with Gasteiger partial charge >= 0.3 is 5.43 Å². The Morgan fingerprint density at radius 2 is 2.17 bits per heavy atom. The highest BCUT2D eigenvalue weighted by molar-refractivity contribution is 7.45. The van der Waals surface area contributed by atoms with Gasteiger partial charge < -0.3 is 18.9 Å². The van der Waals surface area contributed by atoms with Crippen LogP contribution in [0.5, 0.6) is 5.75 Å². The Kier molecular flexibility index (Phi) is 8.19. The van der Waals surface area contributed by atoms with Crippen molar-refractivity contribution in [2.45, 2.75) is 19.4 Å². The van der Waals surface area contributed by atoms with Crippen LogP contribution in [0.15, 0.2) is 18.2 Å². The molecule has 2 atom stereocenters. The number of carbonyl (C=O) groups excluding carboxylic acids is 1. The van der Waals surface area contributed by atoms with Gasteiger partial charge in [-0.1, -0.05) is 0 Å². The molecular formula is C13H17ClNO7P. The summed E-state index contributed by atoms with van der Waals surface area (Å²) in [5, 5.41) is 11.1. The lowest BCUT2D eigenvalue weighted by Crippen LogP contribution is -2.06. The number of halogens is 1. The third-order valence-electron chi connectivity index (χ3n) is 2.72. The number of carbonyl (C=O) groups is 1. The van der Waals surface area contributed by atoms with Gasteiger partial charge in [-0.25, -0.2) is 4.79 Å². The summed E-state index contributed by atoms with van der Waals surface area (Å²) in [7, 11) is -1.65. The van der Waals surface area contributed by atoms with Crippen LogP contribution in [0.3, 0.4) is 0 Å². The fraction of sp³-hybridized carbons (Fsp3) is 0.462. The molecule has 0 aliphatic carbocycles. The number of nitro groups is 1. The van der Waals surface area contributed by atoms with E-state index in [1.54, 1.807) is 6.92 Å². The van der Waals surface area contributed by atoms with Crippen molar-refractivity contribution in [1.82, 2.24) is 0 Å². The van der Waals surface area contributed by atoms with Crippen LogP contribution in [-0.4, -0.2) is 35.1 Å². The second-order valence-electron chi connectivity index (χ2n) is 4.48. The standard InChI is InChI=1S/C13H17ClNO7P/c1-9(22-23(2)19)11-8-10(4-5-12(11)15(17)18)20-6-3-7-21-13(14)16/h4-5,8-9,19H,3,6-7H2,1-2H3. The van der Waals surface area contributed by atoms with E-state index in [9.17, 15) is 19.8 Å². The Hall–Kier alpha value is -1.47. The number of nitrogens with zero attached hydrogens (tertiary/aromatic N) is 1. The molecule has 2 unspecified atom stereocenters. The summed E-state index contributed by atoms with van der Waals surface area (Å²) in [6, 6.07) is 4.28. The smallest absolute Gasteiger partial charge is 0.403 e. The first kappa shape index (κ1) is 19.6. The predicted octanol–water partition coefficient (Wildman–Crippen LogP) is 3.75. The van der Waals surface area contributed by atoms with Gasteiger partial charge in [0.05, 0.1) is 29.8 Å². The molecule has 10 heteroatoms. The van der Waals surface area contributed by atoms with Gasteiger partial charge in [-0.3, -0.25) is 10.1 Å². The van der Waals surface area contributed by atoms with Gasteiger partial charge in [0.15, 0.2) is 8.38 Å². The van der Waals surface area contributed by atoms with Crippen molar-refractivity contribution >= 4 is 31.1 Å². The number of hydrogen-bond donors (Lipinski definition) is 1. The summed E-state index contributed by atoms with van der Waals surface area (Å²) < 4.78 is 15.2. The Morgan fingerprint density at radius 1 is 1.48 bits per heavy atom. The lowest BCUT2D eigenvalue weighted by molar-refractivity contribution is -0.386. The van der Waals surface area contributed by atoms with Crippen LogP contribution in [0, 0.1) is 10.1 Å². The van der Waals surface area contributed by atoms with E-state index in [0.29, 0.717) is 17.7 Å². The number of nitro benzene ring substituents is 1. The molecule has 0 saturated carbocycles. The maximum Gasteiger partial charge on any atom is 0.403 e. The summed E-state index contributed by atoms with van der Waals surface area (Å²) in [6.07, 6.45) is -0.231. The summed E-state index contributed by atoms with van der Waals surface area (Å²) >= 11 is 5.02. The van der Waals surface area contributed by atoms with Crippen molar-refractivity contribution in [2.24, 2.45) is 0 Å². The second kappa shape index (κ2) is 9.62. The molecule has 1 aromatic carbocycles. The summed E-state index contributed by atoms with van der Waals surface area (Å²) in [6.45, 7) is 3.46. The first-order valence-electron chi connectivity index (χ1n) is 6.64. The molecule has 0 aliphatic heterocycles. The van der Waals surface area contributed by atoms with Gasteiger partial charge in [-0.15, -0.1) is 0 Å². The summed E-state index contributed by atoms with van der Waals surface area (Å²) in [4.78, 5) is 30.3. The Bertz CT molecular complexity index is 555. The SMILES string of the molecule is CC(OP(C)O)c1cc(OCCCOC(=O)Cl)ccc1[N+](=O)[O-]. The summed E-state index contributed by atoms with van der Waals surface area (Å²) in [5.74, 6) is 0.414.